The molecule has 0 radical (unpaired) electrons. The molecule has 87 heavy (non-hydrogen) atoms. The van der Waals surface area contributed by atoms with Gasteiger partial charge in [-0.15, -0.1) is 0 Å². The Bertz CT molecular complexity index is 4260. The van der Waals surface area contributed by atoms with Gasteiger partial charge in [0.1, 0.15) is 0 Å². The van der Waals surface area contributed by atoms with E-state index in [1.807, 2.05) is 24.3 Å². The van der Waals surface area contributed by atoms with Crippen molar-refractivity contribution in [2.24, 2.45) is 21.7 Å². The van der Waals surface area contributed by atoms with Crippen LogP contribution in [0.4, 0.5) is 0 Å². The van der Waals surface area contributed by atoms with Gasteiger partial charge in [-0.05, 0) is 175 Å². The van der Waals surface area contributed by atoms with Gasteiger partial charge in [0.15, 0.2) is 0 Å². The Morgan fingerprint density at radius 2 is 0.540 bits per heavy atom. The quantitative estimate of drug-likeness (QED) is 0.152. The van der Waals surface area contributed by atoms with Crippen LogP contribution < -0.4 is 0 Å². The van der Waals surface area contributed by atoms with E-state index in [-0.39, 0.29) is 0 Å². The average Bonchev–Trinajstić information content (AvgIpc) is 2.83. The maximum atomic E-state index is 4.87. The minimum absolute atomic E-state index is 0.296. The third kappa shape index (κ3) is 18.7. The Balaban J connectivity index is 0.000000138. The molecule has 0 fully saturated rings. The first-order chi connectivity index (χ1) is 41.2. The van der Waals surface area contributed by atoms with E-state index < -0.39 is 0 Å². The second kappa shape index (κ2) is 27.0. The standard InChI is InChI=1S/C22H25N.C21H23N.2C20H21N/c1-15-10-16(2)12-19(11-15)21-9-7-18-13-17(14-22(3,4)5)6-8-20(18)23-21;1-15-6-5-7-17(12-15)20-11-9-18-13-16(14-21(2,3)4)8-10-19(18)22-20;1-20(2,3)14-15-9-11-19-17(13-15)10-12-18(21-19)16-7-5-4-6-8-16;1-20(2,3)14-15-9-10-17-11-12-18(21-19(17)13-15)16-7-5-4-6-8-16/h6-13H,14H2,1-5H3;5-13H,14H2,1-4H3;2*4-13H,14H2,1-3H3. The van der Waals surface area contributed by atoms with Crippen LogP contribution in [0.15, 0.2) is 224 Å². The highest BCUT2D eigenvalue weighted by Gasteiger charge is 2.16. The first-order valence-corrected chi connectivity index (χ1v) is 31.1. The van der Waals surface area contributed by atoms with E-state index in [1.54, 1.807) is 0 Å². The summed E-state index contributed by atoms with van der Waals surface area (Å²) in [4.78, 5) is 19.3. The third-order valence-corrected chi connectivity index (χ3v) is 14.9. The molecular formula is C83H90N4. The average molecular weight is 1140 g/mol. The van der Waals surface area contributed by atoms with E-state index >= 15 is 0 Å². The fourth-order valence-electron chi connectivity index (χ4n) is 11.4. The van der Waals surface area contributed by atoms with Crippen LogP contribution in [0.1, 0.15) is 122 Å². The van der Waals surface area contributed by atoms with Crippen molar-refractivity contribution in [3.63, 3.8) is 0 Å². The van der Waals surface area contributed by atoms with Gasteiger partial charge < -0.3 is 0 Å². The topological polar surface area (TPSA) is 51.6 Å². The molecule has 0 aliphatic heterocycles. The molecule has 0 saturated heterocycles. The van der Waals surface area contributed by atoms with E-state index in [0.717, 1.165) is 76.1 Å². The summed E-state index contributed by atoms with van der Waals surface area (Å²) in [5.41, 5.74) is 23.7. The highest BCUT2D eigenvalue weighted by Crippen LogP contribution is 2.31. The van der Waals surface area contributed by atoms with Crippen molar-refractivity contribution in [1.82, 2.24) is 19.9 Å². The molecule has 4 aromatic heterocycles. The van der Waals surface area contributed by atoms with Gasteiger partial charge in [0, 0.05) is 43.8 Å². The second-order valence-electron chi connectivity index (χ2n) is 28.8. The Kier molecular flexibility index (Phi) is 19.5. The maximum absolute atomic E-state index is 4.87. The minimum atomic E-state index is 0.296. The first-order valence-electron chi connectivity index (χ1n) is 31.1. The Morgan fingerprint density at radius 1 is 0.230 bits per heavy atom. The molecule has 0 N–H and O–H groups in total. The van der Waals surface area contributed by atoms with Crippen molar-refractivity contribution in [3.05, 3.63) is 263 Å². The van der Waals surface area contributed by atoms with Crippen LogP contribution in [0, 0.1) is 42.4 Å². The van der Waals surface area contributed by atoms with Crippen LogP contribution in [-0.4, -0.2) is 19.9 Å². The van der Waals surface area contributed by atoms with Gasteiger partial charge in [-0.1, -0.05) is 239 Å². The number of aromatic nitrogens is 4. The van der Waals surface area contributed by atoms with E-state index in [0.29, 0.717) is 21.7 Å². The van der Waals surface area contributed by atoms with Crippen molar-refractivity contribution in [3.8, 4) is 45.0 Å². The normalized spacial score (nSPS) is 11.8. The molecule has 4 heterocycles. The maximum Gasteiger partial charge on any atom is 0.0712 e. The smallest absolute Gasteiger partial charge is 0.0712 e. The monoisotopic (exact) mass is 1140 g/mol. The van der Waals surface area contributed by atoms with Gasteiger partial charge in [0.25, 0.3) is 0 Å². The summed E-state index contributed by atoms with van der Waals surface area (Å²) in [6.07, 6.45) is 4.33. The van der Waals surface area contributed by atoms with E-state index in [4.69, 9.17) is 19.9 Å². The van der Waals surface area contributed by atoms with Crippen LogP contribution >= 0.6 is 0 Å². The Morgan fingerprint density at radius 3 is 0.931 bits per heavy atom. The number of pyridine rings is 4. The lowest BCUT2D eigenvalue weighted by molar-refractivity contribution is 0.411. The zero-order valence-corrected chi connectivity index (χ0v) is 54.5. The third-order valence-electron chi connectivity index (χ3n) is 14.9. The van der Waals surface area contributed by atoms with Gasteiger partial charge in [-0.25, -0.2) is 19.9 Å². The van der Waals surface area contributed by atoms with Crippen molar-refractivity contribution < 1.29 is 0 Å². The molecule has 0 aliphatic carbocycles. The largest absolute Gasteiger partial charge is 0.248 e. The summed E-state index contributed by atoms with van der Waals surface area (Å²) in [6, 6.07) is 79.5. The molecule has 4 heteroatoms. The molecule has 0 spiro atoms. The summed E-state index contributed by atoms with van der Waals surface area (Å²) in [5.74, 6) is 0. The summed E-state index contributed by atoms with van der Waals surface area (Å²) >= 11 is 0. The molecule has 4 nitrogen and oxygen atoms in total. The van der Waals surface area contributed by atoms with Crippen LogP contribution in [-0.2, 0) is 25.7 Å². The second-order valence-corrected chi connectivity index (χ2v) is 28.8. The number of nitrogens with zero attached hydrogens (tertiary/aromatic N) is 4. The molecule has 0 atom stereocenters. The summed E-state index contributed by atoms with van der Waals surface area (Å²) in [7, 11) is 0. The predicted molar refractivity (Wildman–Crippen MR) is 376 cm³/mol. The number of rotatable bonds is 8. The lowest BCUT2D eigenvalue weighted by Crippen LogP contribution is -2.09. The van der Waals surface area contributed by atoms with Crippen molar-refractivity contribution >= 4 is 43.6 Å². The van der Waals surface area contributed by atoms with Crippen LogP contribution in [0.3, 0.4) is 0 Å². The van der Waals surface area contributed by atoms with E-state index in [1.165, 1.54) is 77.2 Å². The molecule has 8 aromatic carbocycles. The number of fused-ring (bicyclic) bond motifs is 4. The first kappa shape index (κ1) is 62.9. The van der Waals surface area contributed by atoms with Crippen molar-refractivity contribution in [2.45, 2.75) is 130 Å². The summed E-state index contributed by atoms with van der Waals surface area (Å²) < 4.78 is 0. The fourth-order valence-corrected chi connectivity index (χ4v) is 11.4. The molecule has 0 unspecified atom stereocenters. The van der Waals surface area contributed by atoms with Gasteiger partial charge in [-0.2, -0.15) is 0 Å². The minimum Gasteiger partial charge on any atom is -0.248 e. The zero-order chi connectivity index (χ0) is 62.1. The van der Waals surface area contributed by atoms with Gasteiger partial charge >= 0.3 is 0 Å². The van der Waals surface area contributed by atoms with Crippen LogP contribution in [0.25, 0.3) is 88.6 Å². The molecule has 12 rings (SSSR count). The fraction of sp³-hybridized carbons (Fsp3) is 0.277. The van der Waals surface area contributed by atoms with Gasteiger partial charge in [0.05, 0.1) is 44.8 Å². The Labute approximate surface area is 520 Å². The number of hydrogen-bond donors (Lipinski definition) is 0. The lowest BCUT2D eigenvalue weighted by Gasteiger charge is -2.18. The number of aryl methyl sites for hydroxylation is 3. The van der Waals surface area contributed by atoms with Gasteiger partial charge in [0.2, 0.25) is 0 Å². The molecule has 0 aliphatic rings. The summed E-state index contributed by atoms with van der Waals surface area (Å²) in [5, 5.41) is 4.86. The highest BCUT2D eigenvalue weighted by atomic mass is 14.7. The zero-order valence-electron chi connectivity index (χ0n) is 54.5. The van der Waals surface area contributed by atoms with Crippen LogP contribution in [0.2, 0.25) is 0 Å². The van der Waals surface area contributed by atoms with Crippen molar-refractivity contribution in [2.75, 3.05) is 0 Å². The van der Waals surface area contributed by atoms with E-state index in [2.05, 4.69) is 304 Å². The van der Waals surface area contributed by atoms with Crippen molar-refractivity contribution in [1.29, 1.82) is 0 Å². The Hall–Kier alpha value is -8.60. The molecule has 12 aromatic rings. The predicted octanol–water partition coefficient (Wildman–Crippen LogP) is 22.9. The number of benzene rings is 8. The van der Waals surface area contributed by atoms with Crippen LogP contribution in [0.5, 0.6) is 0 Å². The molecular weight excluding hydrogens is 1050 g/mol. The number of hydrogen-bond acceptors (Lipinski definition) is 4. The SMILES string of the molecule is CC(C)(C)Cc1ccc2ccc(-c3ccccc3)nc2c1.CC(C)(C)Cc1ccc2nc(-c3ccccc3)ccc2c1.Cc1cc(C)cc(-c2ccc3cc(CC(C)(C)C)ccc3n2)c1.Cc1cccc(-c2ccc3cc(CC(C)(C)C)ccc3n2)c1. The van der Waals surface area contributed by atoms with E-state index in [9.17, 15) is 0 Å². The molecule has 442 valence electrons. The molecule has 0 amide bonds. The van der Waals surface area contributed by atoms with Gasteiger partial charge in [-0.3, -0.25) is 0 Å². The summed E-state index contributed by atoms with van der Waals surface area (Å²) in [6.45, 7) is 33.7. The lowest BCUT2D eigenvalue weighted by atomic mass is 9.88. The molecule has 0 saturated carbocycles. The molecule has 0 bridgehead atoms. The highest BCUT2D eigenvalue weighted by molar-refractivity contribution is 5.85.